The Morgan fingerprint density at radius 1 is 1.07 bits per heavy atom. The number of likely N-dealkylation sites (N-methyl/N-ethyl adjacent to an activating group) is 1. The average Bonchev–Trinajstić information content (AvgIpc) is 3.14. The van der Waals surface area contributed by atoms with Gasteiger partial charge in [-0.1, -0.05) is 11.5 Å². The summed E-state index contributed by atoms with van der Waals surface area (Å²) in [5.74, 6) is 0.754. The molecule has 11 heteroatoms. The van der Waals surface area contributed by atoms with Crippen LogP contribution in [0.1, 0.15) is 34.3 Å². The van der Waals surface area contributed by atoms with Crippen LogP contribution in [0.3, 0.4) is 0 Å². The van der Waals surface area contributed by atoms with Gasteiger partial charge in [-0.25, -0.2) is 4.79 Å². The maximum Gasteiger partial charge on any atom is 0.322 e. The lowest BCUT2D eigenvalue weighted by atomic mass is 9.89. The van der Waals surface area contributed by atoms with Crippen LogP contribution in [0.15, 0.2) is 30.3 Å². The third kappa shape index (κ3) is 7.15. The number of piperazine rings is 1. The van der Waals surface area contributed by atoms with Crippen molar-refractivity contribution in [3.05, 3.63) is 47.0 Å². The summed E-state index contributed by atoms with van der Waals surface area (Å²) in [4.78, 5) is 35.2. The van der Waals surface area contributed by atoms with Crippen molar-refractivity contribution in [3.63, 3.8) is 0 Å². The van der Waals surface area contributed by atoms with E-state index in [1.165, 1.54) is 0 Å². The fourth-order valence-corrected chi connectivity index (χ4v) is 6.17. The molecule has 5 rings (SSSR count). The van der Waals surface area contributed by atoms with Crippen molar-refractivity contribution in [2.45, 2.75) is 31.8 Å². The molecule has 3 amide bonds. The third-order valence-corrected chi connectivity index (χ3v) is 8.87. The number of amides is 3. The minimum absolute atomic E-state index is 0.0228. The molecule has 0 radical (unpaired) electrons. The van der Waals surface area contributed by atoms with Crippen LogP contribution in [0.2, 0.25) is 0 Å². The molecule has 3 heterocycles. The highest BCUT2D eigenvalue weighted by Crippen LogP contribution is 2.27. The van der Waals surface area contributed by atoms with E-state index >= 15 is 0 Å². The summed E-state index contributed by atoms with van der Waals surface area (Å²) in [6.07, 6.45) is 2.65. The lowest BCUT2D eigenvalue weighted by Crippen LogP contribution is -2.49. The zero-order valence-corrected chi connectivity index (χ0v) is 24.7. The number of carbonyl (C=O) groups excluding carboxylic acids is 2. The molecular weight excluding hydrogens is 517 g/mol. The molecule has 4 N–H and O–H groups in total. The van der Waals surface area contributed by atoms with E-state index in [4.69, 9.17) is 10.5 Å². The lowest BCUT2D eigenvalue weighted by molar-refractivity contribution is 0.0937. The molecule has 0 bridgehead atoms. The van der Waals surface area contributed by atoms with Gasteiger partial charge in [0.25, 0.3) is 5.91 Å². The average molecular weight is 562 g/mol. The summed E-state index contributed by atoms with van der Waals surface area (Å²) >= 11 is 0. The Balaban J connectivity index is 1.08. The number of nitrogens with zero attached hydrogens (tertiary/aromatic N) is 4. The highest BCUT2D eigenvalue weighted by atomic mass is 16.5. The van der Waals surface area contributed by atoms with Crippen LogP contribution in [0.4, 0.5) is 16.2 Å². The second-order valence-electron chi connectivity index (χ2n) is 11.7. The first kappa shape index (κ1) is 29.2. The number of benzene rings is 2. The molecule has 0 aromatic heterocycles. The van der Waals surface area contributed by atoms with Crippen LogP contribution in [-0.4, -0.2) is 118 Å². The molecule has 2 fully saturated rings. The number of piperidine rings is 1. The standard InChI is InChI=1S/C30H44BN7O3/c1-35-13-15-37(16-14-35)20-23-17-22(19-26(31)28(23)32)29(39)33-8-12-36-9-6-24(7-10-36)38-11-5-21-18-25(41-2)3-4-27(21)34-30(38)40/h3-4,17-19,24H,5-16,20,31-32H2,1-2H3,(H,33,39)(H,34,40). The molecule has 0 atom stereocenters. The molecule has 220 valence electrons. The molecule has 3 aliphatic heterocycles. The number of nitrogens with one attached hydrogen (secondary N) is 2. The van der Waals surface area contributed by atoms with Gasteiger partial charge in [0.15, 0.2) is 0 Å². The number of hydrogen-bond donors (Lipinski definition) is 3. The molecular formula is C30H44BN7O3. The van der Waals surface area contributed by atoms with Crippen LogP contribution >= 0.6 is 0 Å². The Morgan fingerprint density at radius 2 is 1.83 bits per heavy atom. The molecule has 3 aliphatic rings. The van der Waals surface area contributed by atoms with Gasteiger partial charge in [0.05, 0.1) is 7.11 Å². The summed E-state index contributed by atoms with van der Waals surface area (Å²) in [6, 6.07) is 9.86. The van der Waals surface area contributed by atoms with Gasteiger partial charge in [-0.3, -0.25) is 9.69 Å². The number of methoxy groups -OCH3 is 1. The first-order chi connectivity index (χ1) is 19.8. The van der Waals surface area contributed by atoms with Crippen LogP contribution in [0, 0.1) is 0 Å². The normalized spacial score (nSPS) is 19.4. The summed E-state index contributed by atoms with van der Waals surface area (Å²) in [5.41, 5.74) is 11.8. The van der Waals surface area contributed by atoms with Gasteiger partial charge in [0.1, 0.15) is 13.6 Å². The molecule has 41 heavy (non-hydrogen) atoms. The van der Waals surface area contributed by atoms with Crippen LogP contribution < -0.4 is 26.6 Å². The quantitative estimate of drug-likeness (QED) is 0.320. The largest absolute Gasteiger partial charge is 0.497 e. The smallest absolute Gasteiger partial charge is 0.322 e. The SMILES string of the molecule is Bc1cc(C(=O)NCCN2CCC(N3CCc4cc(OC)ccc4NC3=O)CC2)cc(CN2CCN(C)CC2)c1N. The summed E-state index contributed by atoms with van der Waals surface area (Å²) in [7, 11) is 5.78. The predicted molar refractivity (Wildman–Crippen MR) is 166 cm³/mol. The number of hydrogen-bond acceptors (Lipinski definition) is 7. The maximum atomic E-state index is 13.0. The van der Waals surface area contributed by atoms with Gasteiger partial charge in [-0.2, -0.15) is 0 Å². The van der Waals surface area contributed by atoms with Crippen molar-refractivity contribution in [1.82, 2.24) is 24.9 Å². The summed E-state index contributed by atoms with van der Waals surface area (Å²) < 4.78 is 5.35. The Labute approximate surface area is 244 Å². The fraction of sp³-hybridized carbons (Fsp3) is 0.533. The number of fused-ring (bicyclic) bond motifs is 1. The number of ether oxygens (including phenoxy) is 1. The van der Waals surface area contributed by atoms with Crippen LogP contribution in [-0.2, 0) is 13.0 Å². The molecule has 0 unspecified atom stereocenters. The van der Waals surface area contributed by atoms with E-state index in [9.17, 15) is 9.59 Å². The molecule has 2 saturated heterocycles. The van der Waals surface area contributed by atoms with Crippen LogP contribution in [0.5, 0.6) is 5.75 Å². The number of carbonyl (C=O) groups is 2. The Kier molecular flexibility index (Phi) is 9.37. The van der Waals surface area contributed by atoms with Crippen molar-refractivity contribution < 1.29 is 14.3 Å². The number of anilines is 2. The van der Waals surface area contributed by atoms with E-state index in [0.29, 0.717) is 18.7 Å². The van der Waals surface area contributed by atoms with E-state index in [1.807, 2.05) is 43.1 Å². The second kappa shape index (κ2) is 13.1. The van der Waals surface area contributed by atoms with Crippen molar-refractivity contribution in [2.75, 3.05) is 84.1 Å². The second-order valence-corrected chi connectivity index (χ2v) is 11.7. The van der Waals surface area contributed by atoms with Gasteiger partial charge in [0, 0.05) is 88.4 Å². The Morgan fingerprint density at radius 3 is 2.56 bits per heavy atom. The van der Waals surface area contributed by atoms with E-state index in [2.05, 4.69) is 32.4 Å². The zero-order valence-electron chi connectivity index (χ0n) is 24.7. The van der Waals surface area contributed by atoms with Gasteiger partial charge in [-0.15, -0.1) is 0 Å². The minimum atomic E-state index is -0.0555. The maximum absolute atomic E-state index is 13.0. The summed E-state index contributed by atoms with van der Waals surface area (Å²) in [5, 5.41) is 6.20. The number of nitrogens with two attached hydrogens (primary N) is 1. The minimum Gasteiger partial charge on any atom is -0.497 e. The van der Waals surface area contributed by atoms with Crippen molar-refractivity contribution >= 4 is 36.6 Å². The lowest BCUT2D eigenvalue weighted by Gasteiger charge is -2.38. The van der Waals surface area contributed by atoms with Gasteiger partial charge >= 0.3 is 6.03 Å². The molecule has 0 aliphatic carbocycles. The Hall–Kier alpha value is -3.28. The highest BCUT2D eigenvalue weighted by molar-refractivity contribution is 6.36. The molecule has 0 spiro atoms. The number of urea groups is 1. The highest BCUT2D eigenvalue weighted by Gasteiger charge is 2.30. The number of nitrogen functional groups attached to an aromatic ring is 1. The first-order valence-electron chi connectivity index (χ1n) is 14.9. The van der Waals surface area contributed by atoms with Crippen molar-refractivity contribution in [1.29, 1.82) is 0 Å². The van der Waals surface area contributed by atoms with E-state index in [1.54, 1.807) is 7.11 Å². The predicted octanol–water partition coefficient (Wildman–Crippen LogP) is 0.568. The zero-order chi connectivity index (χ0) is 28.9. The van der Waals surface area contributed by atoms with Crippen LogP contribution in [0.25, 0.3) is 0 Å². The molecule has 2 aromatic carbocycles. The number of rotatable bonds is 8. The van der Waals surface area contributed by atoms with E-state index < -0.39 is 0 Å². The molecule has 0 saturated carbocycles. The topological polar surface area (TPSA) is 106 Å². The molecule has 2 aromatic rings. The van der Waals surface area contributed by atoms with Crippen molar-refractivity contribution in [2.24, 2.45) is 0 Å². The van der Waals surface area contributed by atoms with Gasteiger partial charge in [0.2, 0.25) is 0 Å². The number of likely N-dealkylation sites (tertiary alicyclic amines) is 1. The molecule has 10 nitrogen and oxygen atoms in total. The van der Waals surface area contributed by atoms with E-state index in [0.717, 1.165) is 105 Å². The summed E-state index contributed by atoms with van der Waals surface area (Å²) in [6.45, 7) is 8.76. The van der Waals surface area contributed by atoms with Crippen molar-refractivity contribution in [3.8, 4) is 5.75 Å². The van der Waals surface area contributed by atoms with Gasteiger partial charge < -0.3 is 35.8 Å². The van der Waals surface area contributed by atoms with Gasteiger partial charge in [-0.05, 0) is 61.7 Å². The third-order valence-electron chi connectivity index (χ3n) is 8.87. The monoisotopic (exact) mass is 561 g/mol. The first-order valence-corrected chi connectivity index (χ1v) is 14.9. The van der Waals surface area contributed by atoms with E-state index in [-0.39, 0.29) is 18.0 Å². The Bertz CT molecular complexity index is 1240. The fourth-order valence-electron chi connectivity index (χ4n) is 6.17.